The number of carbonyl (C=O) groups excluding carboxylic acids is 1. The molecule has 5 nitrogen and oxygen atoms in total. The molecule has 26 heavy (non-hydrogen) atoms. The Bertz CT molecular complexity index is 862. The number of hydrogen-bond donors (Lipinski definition) is 1. The lowest BCUT2D eigenvalue weighted by atomic mass is 10.2. The first-order valence-corrected chi connectivity index (χ1v) is 10.5. The van der Waals surface area contributed by atoms with E-state index in [4.69, 9.17) is 11.6 Å². The van der Waals surface area contributed by atoms with E-state index in [1.54, 1.807) is 11.3 Å². The van der Waals surface area contributed by atoms with Gasteiger partial charge in [0, 0.05) is 22.0 Å². The summed E-state index contributed by atoms with van der Waals surface area (Å²) in [5, 5.41) is 15.0. The Morgan fingerprint density at radius 2 is 2.08 bits per heavy atom. The SMILES string of the molecule is CCn1c(SCC(=O)NC(C)c2cccs2)nnc1-c1ccc(Cl)cc1. The average Bonchev–Trinajstić information content (AvgIpc) is 3.30. The van der Waals surface area contributed by atoms with Crippen molar-refractivity contribution in [3.63, 3.8) is 0 Å². The lowest BCUT2D eigenvalue weighted by molar-refractivity contribution is -0.119. The molecule has 2 aromatic heterocycles. The highest BCUT2D eigenvalue weighted by Crippen LogP contribution is 2.25. The second-order valence-corrected chi connectivity index (χ2v) is 8.01. The first-order valence-electron chi connectivity index (χ1n) is 8.23. The molecule has 0 spiro atoms. The fraction of sp³-hybridized carbons (Fsp3) is 0.278. The van der Waals surface area contributed by atoms with Gasteiger partial charge in [-0.15, -0.1) is 21.5 Å². The molecule has 8 heteroatoms. The Morgan fingerprint density at radius 3 is 2.73 bits per heavy atom. The van der Waals surface area contributed by atoms with Crippen molar-refractivity contribution in [3.8, 4) is 11.4 Å². The Kier molecular flexibility index (Phi) is 6.34. The van der Waals surface area contributed by atoms with Crippen LogP contribution in [0, 0.1) is 0 Å². The number of hydrogen-bond acceptors (Lipinski definition) is 5. The van der Waals surface area contributed by atoms with Crippen LogP contribution in [0.3, 0.4) is 0 Å². The Labute approximate surface area is 165 Å². The van der Waals surface area contributed by atoms with Crippen molar-refractivity contribution in [2.45, 2.75) is 31.6 Å². The molecule has 1 amide bonds. The quantitative estimate of drug-likeness (QED) is 0.580. The van der Waals surface area contributed by atoms with Crippen LogP contribution in [0.15, 0.2) is 46.9 Å². The molecule has 3 rings (SSSR count). The molecule has 0 saturated carbocycles. The number of thioether (sulfide) groups is 1. The summed E-state index contributed by atoms with van der Waals surface area (Å²) in [5.74, 6) is 1.06. The zero-order valence-electron chi connectivity index (χ0n) is 14.5. The van der Waals surface area contributed by atoms with E-state index in [1.165, 1.54) is 11.8 Å². The summed E-state index contributed by atoms with van der Waals surface area (Å²) in [6, 6.07) is 11.5. The largest absolute Gasteiger partial charge is 0.348 e. The number of benzene rings is 1. The maximum Gasteiger partial charge on any atom is 0.230 e. The first-order chi connectivity index (χ1) is 12.6. The van der Waals surface area contributed by atoms with Gasteiger partial charge >= 0.3 is 0 Å². The number of rotatable bonds is 7. The lowest BCUT2D eigenvalue weighted by Gasteiger charge is -2.12. The van der Waals surface area contributed by atoms with Crippen LogP contribution in [0.4, 0.5) is 0 Å². The fourth-order valence-corrected chi connectivity index (χ4v) is 4.19. The normalized spacial score (nSPS) is 12.1. The van der Waals surface area contributed by atoms with Crippen molar-refractivity contribution in [1.29, 1.82) is 0 Å². The molecule has 0 aliphatic heterocycles. The standard InChI is InChI=1S/C18H19ClN4OS2/c1-3-23-17(13-6-8-14(19)9-7-13)21-22-18(23)26-11-16(24)20-12(2)15-5-4-10-25-15/h4-10,12H,3,11H2,1-2H3,(H,20,24). The zero-order valence-corrected chi connectivity index (χ0v) is 16.9. The van der Waals surface area contributed by atoms with Crippen LogP contribution in [0.5, 0.6) is 0 Å². The third-order valence-corrected chi connectivity index (χ3v) is 6.09. The number of halogens is 1. The first kappa shape index (κ1) is 18.9. The minimum absolute atomic E-state index is 0.0109. The van der Waals surface area contributed by atoms with Crippen molar-refractivity contribution in [3.05, 3.63) is 51.7 Å². The summed E-state index contributed by atoms with van der Waals surface area (Å²) in [7, 11) is 0. The van der Waals surface area contributed by atoms with Gasteiger partial charge in [-0.05, 0) is 49.6 Å². The smallest absolute Gasteiger partial charge is 0.230 e. The van der Waals surface area contributed by atoms with Gasteiger partial charge in [0.25, 0.3) is 0 Å². The van der Waals surface area contributed by atoms with Crippen molar-refractivity contribution in [2.75, 3.05) is 5.75 Å². The third kappa shape index (κ3) is 4.47. The number of aromatic nitrogens is 3. The molecular formula is C18H19ClN4OS2. The van der Waals surface area contributed by atoms with E-state index < -0.39 is 0 Å². The van der Waals surface area contributed by atoms with Crippen LogP contribution in [0.25, 0.3) is 11.4 Å². The minimum atomic E-state index is -0.0189. The molecular weight excluding hydrogens is 388 g/mol. The molecule has 1 aromatic carbocycles. The molecule has 2 heterocycles. The second-order valence-electron chi connectivity index (χ2n) is 5.65. The second kappa shape index (κ2) is 8.70. The van der Waals surface area contributed by atoms with Gasteiger partial charge in [-0.25, -0.2) is 0 Å². The van der Waals surface area contributed by atoms with Crippen molar-refractivity contribution in [1.82, 2.24) is 20.1 Å². The van der Waals surface area contributed by atoms with Crippen molar-refractivity contribution < 1.29 is 4.79 Å². The van der Waals surface area contributed by atoms with Gasteiger partial charge in [0.1, 0.15) is 0 Å². The van der Waals surface area contributed by atoms with E-state index >= 15 is 0 Å². The molecule has 0 aliphatic carbocycles. The van der Waals surface area contributed by atoms with Crippen LogP contribution < -0.4 is 5.32 Å². The predicted octanol–water partition coefficient (Wildman–Crippen LogP) is 4.65. The molecule has 0 saturated heterocycles. The molecule has 0 bridgehead atoms. The molecule has 0 fully saturated rings. The van der Waals surface area contributed by atoms with Gasteiger partial charge in [-0.3, -0.25) is 4.79 Å². The zero-order chi connectivity index (χ0) is 18.5. The van der Waals surface area contributed by atoms with E-state index in [0.717, 1.165) is 28.0 Å². The Balaban J connectivity index is 1.65. The highest BCUT2D eigenvalue weighted by molar-refractivity contribution is 7.99. The summed E-state index contributed by atoms with van der Waals surface area (Å²) in [5.41, 5.74) is 0.950. The molecule has 0 radical (unpaired) electrons. The number of thiophene rings is 1. The van der Waals surface area contributed by atoms with Gasteiger partial charge < -0.3 is 9.88 Å². The van der Waals surface area contributed by atoms with Crippen molar-refractivity contribution >= 4 is 40.6 Å². The van der Waals surface area contributed by atoms with Crippen LogP contribution in [0.1, 0.15) is 24.8 Å². The number of nitrogens with zero attached hydrogens (tertiary/aromatic N) is 3. The topological polar surface area (TPSA) is 59.8 Å². The predicted molar refractivity (Wildman–Crippen MR) is 108 cm³/mol. The van der Waals surface area contributed by atoms with Crippen LogP contribution in [0.2, 0.25) is 5.02 Å². The van der Waals surface area contributed by atoms with E-state index in [1.807, 2.05) is 60.2 Å². The molecule has 1 unspecified atom stereocenters. The van der Waals surface area contributed by atoms with Crippen LogP contribution in [-0.4, -0.2) is 26.4 Å². The Hall–Kier alpha value is -1.83. The monoisotopic (exact) mass is 406 g/mol. The maximum atomic E-state index is 12.2. The summed E-state index contributed by atoms with van der Waals surface area (Å²) in [6.45, 7) is 4.74. The molecule has 1 N–H and O–H groups in total. The number of amides is 1. The lowest BCUT2D eigenvalue weighted by Crippen LogP contribution is -2.27. The molecule has 1 atom stereocenters. The van der Waals surface area contributed by atoms with Gasteiger partial charge in [-0.2, -0.15) is 0 Å². The van der Waals surface area contributed by atoms with Crippen LogP contribution >= 0.6 is 34.7 Å². The third-order valence-electron chi connectivity index (χ3n) is 3.82. The fourth-order valence-electron chi connectivity index (χ4n) is 2.52. The van der Waals surface area contributed by atoms with Gasteiger partial charge in [-0.1, -0.05) is 29.4 Å². The van der Waals surface area contributed by atoms with Gasteiger partial charge in [0.2, 0.25) is 5.91 Å². The number of carbonyl (C=O) groups is 1. The highest BCUT2D eigenvalue weighted by Gasteiger charge is 2.16. The molecule has 136 valence electrons. The molecule has 0 aliphatic rings. The van der Waals surface area contributed by atoms with E-state index in [9.17, 15) is 4.79 Å². The van der Waals surface area contributed by atoms with Gasteiger partial charge in [0.15, 0.2) is 11.0 Å². The summed E-state index contributed by atoms with van der Waals surface area (Å²) in [6.07, 6.45) is 0. The maximum absolute atomic E-state index is 12.2. The number of nitrogens with one attached hydrogen (secondary N) is 1. The van der Waals surface area contributed by atoms with E-state index in [2.05, 4.69) is 15.5 Å². The van der Waals surface area contributed by atoms with Crippen molar-refractivity contribution in [2.24, 2.45) is 0 Å². The minimum Gasteiger partial charge on any atom is -0.348 e. The average molecular weight is 407 g/mol. The van der Waals surface area contributed by atoms with E-state index in [-0.39, 0.29) is 11.9 Å². The summed E-state index contributed by atoms with van der Waals surface area (Å²) < 4.78 is 2.00. The van der Waals surface area contributed by atoms with Gasteiger partial charge in [0.05, 0.1) is 11.8 Å². The summed E-state index contributed by atoms with van der Waals surface area (Å²) >= 11 is 8.98. The Morgan fingerprint density at radius 1 is 1.31 bits per heavy atom. The van der Waals surface area contributed by atoms with Crippen LogP contribution in [-0.2, 0) is 11.3 Å². The molecule has 3 aromatic rings. The van der Waals surface area contributed by atoms with E-state index in [0.29, 0.717) is 10.8 Å². The highest BCUT2D eigenvalue weighted by atomic mass is 35.5. The summed E-state index contributed by atoms with van der Waals surface area (Å²) in [4.78, 5) is 13.4.